The molecule has 0 saturated heterocycles. The summed E-state index contributed by atoms with van der Waals surface area (Å²) in [7, 11) is 0. The highest BCUT2D eigenvalue weighted by molar-refractivity contribution is 7.99. The molecule has 0 aliphatic rings. The highest BCUT2D eigenvalue weighted by Gasteiger charge is 2.20. The molecule has 0 spiro atoms. The highest BCUT2D eigenvalue weighted by atomic mass is 32.2. The molecule has 0 aliphatic heterocycles. The number of para-hydroxylation sites is 1. The van der Waals surface area contributed by atoms with Gasteiger partial charge in [0, 0.05) is 28.6 Å². The van der Waals surface area contributed by atoms with Gasteiger partial charge in [-0.15, -0.1) is 16.8 Å². The number of carbonyl (C=O) groups excluding carboxylic acids is 1. The number of hydrogen-bond donors (Lipinski definition) is 1. The maximum atomic E-state index is 12.4. The summed E-state index contributed by atoms with van der Waals surface area (Å²) in [6.07, 6.45) is 1.82. The Hall–Kier alpha value is -3.45. The van der Waals surface area contributed by atoms with Crippen LogP contribution in [0, 0.1) is 6.92 Å². The number of allylic oxidation sites excluding steroid dienone is 1. The lowest BCUT2D eigenvalue weighted by Crippen LogP contribution is -2.41. The quantitative estimate of drug-likeness (QED) is 0.278. The second-order valence-electron chi connectivity index (χ2n) is 9.23. The molecule has 4 rings (SSSR count). The number of nitrogens with zero attached hydrogens (tertiary/aromatic N) is 4. The predicted octanol–water partition coefficient (Wildman–Crippen LogP) is 5.66. The van der Waals surface area contributed by atoms with Crippen molar-refractivity contribution in [3.05, 3.63) is 72.8 Å². The van der Waals surface area contributed by atoms with Crippen LogP contribution in [-0.4, -0.2) is 36.9 Å². The lowest BCUT2D eigenvalue weighted by molar-refractivity contribution is -0.119. The summed E-state index contributed by atoms with van der Waals surface area (Å²) in [6.45, 7) is 12.4. The molecule has 0 aliphatic carbocycles. The zero-order valence-corrected chi connectivity index (χ0v) is 20.8. The number of carbonyl (C=O) groups is 1. The van der Waals surface area contributed by atoms with Crippen LogP contribution in [0.25, 0.3) is 33.5 Å². The van der Waals surface area contributed by atoms with Crippen molar-refractivity contribution in [2.24, 2.45) is 0 Å². The van der Waals surface area contributed by atoms with Crippen LogP contribution in [0.15, 0.2) is 72.4 Å². The lowest BCUT2D eigenvalue weighted by atomic mass is 10.0. The Kier molecular flexibility index (Phi) is 6.84. The van der Waals surface area contributed by atoms with Crippen molar-refractivity contribution in [2.75, 3.05) is 5.75 Å². The summed E-state index contributed by atoms with van der Waals surface area (Å²) in [6, 6.07) is 18.5. The van der Waals surface area contributed by atoms with Crippen molar-refractivity contribution < 1.29 is 4.79 Å². The van der Waals surface area contributed by atoms with Gasteiger partial charge in [0.25, 0.3) is 0 Å². The summed E-state index contributed by atoms with van der Waals surface area (Å²) < 4.78 is 2.00. The van der Waals surface area contributed by atoms with E-state index >= 15 is 0 Å². The smallest absolute Gasteiger partial charge is 0.230 e. The van der Waals surface area contributed by atoms with Crippen LogP contribution >= 0.6 is 11.8 Å². The fourth-order valence-electron chi connectivity index (χ4n) is 3.71. The third kappa shape index (κ3) is 5.37. The Bertz CT molecular complexity index is 1340. The first-order valence-corrected chi connectivity index (χ1v) is 12.2. The maximum absolute atomic E-state index is 12.4. The first-order chi connectivity index (χ1) is 16.2. The summed E-state index contributed by atoms with van der Waals surface area (Å²) in [5.74, 6) is 0.951. The van der Waals surface area contributed by atoms with Gasteiger partial charge in [-0.2, -0.15) is 0 Å². The molecule has 0 fully saturated rings. The number of nitrogens with one attached hydrogen (secondary N) is 1. The van der Waals surface area contributed by atoms with E-state index in [-0.39, 0.29) is 17.2 Å². The van der Waals surface area contributed by atoms with Gasteiger partial charge < -0.3 is 5.32 Å². The normalized spacial score (nSPS) is 11.5. The second-order valence-corrected chi connectivity index (χ2v) is 10.2. The fourth-order valence-corrected chi connectivity index (χ4v) is 4.45. The SMILES string of the molecule is C=CCn1c(SCC(=O)NC(C)(C)C)nnc1-c1cc(-c2ccc(C)cc2)nc2ccccc12. The molecule has 2 aromatic heterocycles. The minimum Gasteiger partial charge on any atom is -0.351 e. The summed E-state index contributed by atoms with van der Waals surface area (Å²) in [5, 5.41) is 13.6. The minimum absolute atomic E-state index is 0.0387. The van der Waals surface area contributed by atoms with Crippen molar-refractivity contribution in [3.8, 4) is 22.6 Å². The average molecular weight is 472 g/mol. The number of aryl methyl sites for hydroxylation is 1. The molecule has 0 saturated carbocycles. The number of hydrogen-bond acceptors (Lipinski definition) is 5. The maximum Gasteiger partial charge on any atom is 0.230 e. The van der Waals surface area contributed by atoms with Gasteiger partial charge in [-0.1, -0.05) is 65.9 Å². The molecule has 6 nitrogen and oxygen atoms in total. The van der Waals surface area contributed by atoms with E-state index in [2.05, 4.69) is 59.3 Å². The Labute approximate surface area is 204 Å². The van der Waals surface area contributed by atoms with Gasteiger partial charge in [-0.3, -0.25) is 9.36 Å². The number of fused-ring (bicyclic) bond motifs is 1. The molecular formula is C27H29N5OS. The Morgan fingerprint density at radius 1 is 1.12 bits per heavy atom. The Morgan fingerprint density at radius 3 is 2.56 bits per heavy atom. The van der Waals surface area contributed by atoms with Crippen LogP contribution in [0.5, 0.6) is 0 Å². The van der Waals surface area contributed by atoms with E-state index in [1.807, 2.05) is 55.7 Å². The van der Waals surface area contributed by atoms with E-state index in [4.69, 9.17) is 4.98 Å². The number of pyridine rings is 1. The van der Waals surface area contributed by atoms with Crippen molar-refractivity contribution >= 4 is 28.6 Å². The minimum atomic E-state index is -0.278. The Morgan fingerprint density at radius 2 is 1.85 bits per heavy atom. The van der Waals surface area contributed by atoms with Crippen molar-refractivity contribution in [3.63, 3.8) is 0 Å². The van der Waals surface area contributed by atoms with Gasteiger partial charge >= 0.3 is 0 Å². The second kappa shape index (κ2) is 9.81. The van der Waals surface area contributed by atoms with E-state index in [1.54, 1.807) is 0 Å². The standard InChI is InChI=1S/C27H29N5OS/c1-6-15-32-25(30-31-26(32)34-17-24(33)29-27(3,4)5)21-16-23(19-13-11-18(2)12-14-19)28-22-10-8-7-9-20(21)22/h6-14,16H,1,15,17H2,2-5H3,(H,29,33). The highest BCUT2D eigenvalue weighted by Crippen LogP contribution is 2.33. The third-order valence-corrected chi connectivity index (χ3v) is 6.15. The van der Waals surface area contributed by atoms with Gasteiger partial charge in [0.1, 0.15) is 0 Å². The average Bonchev–Trinajstić information content (AvgIpc) is 3.19. The van der Waals surface area contributed by atoms with Gasteiger partial charge in [-0.25, -0.2) is 4.98 Å². The van der Waals surface area contributed by atoms with Crippen LogP contribution < -0.4 is 5.32 Å². The molecule has 0 atom stereocenters. The zero-order chi connectivity index (χ0) is 24.3. The molecule has 7 heteroatoms. The number of aromatic nitrogens is 4. The molecule has 34 heavy (non-hydrogen) atoms. The van der Waals surface area contributed by atoms with Crippen LogP contribution in [-0.2, 0) is 11.3 Å². The number of thioether (sulfide) groups is 1. The molecular weight excluding hydrogens is 442 g/mol. The van der Waals surface area contributed by atoms with Gasteiger partial charge in [0.2, 0.25) is 5.91 Å². The number of rotatable bonds is 7. The predicted molar refractivity (Wildman–Crippen MR) is 140 cm³/mol. The fraction of sp³-hybridized carbons (Fsp3) is 0.259. The first kappa shape index (κ1) is 23.7. The van der Waals surface area contributed by atoms with Gasteiger partial charge in [0.15, 0.2) is 11.0 Å². The number of benzene rings is 2. The molecule has 0 radical (unpaired) electrons. The summed E-state index contributed by atoms with van der Waals surface area (Å²) in [5.41, 5.74) is 4.68. The third-order valence-electron chi connectivity index (χ3n) is 5.18. The molecule has 4 aromatic rings. The zero-order valence-electron chi connectivity index (χ0n) is 20.0. The summed E-state index contributed by atoms with van der Waals surface area (Å²) >= 11 is 1.37. The van der Waals surface area contributed by atoms with E-state index in [9.17, 15) is 4.79 Å². The Balaban J connectivity index is 1.77. The van der Waals surface area contributed by atoms with Gasteiger partial charge in [0.05, 0.1) is 17.0 Å². The molecule has 0 bridgehead atoms. The van der Waals surface area contributed by atoms with Crippen LogP contribution in [0.3, 0.4) is 0 Å². The molecule has 2 heterocycles. The largest absolute Gasteiger partial charge is 0.351 e. The van der Waals surface area contributed by atoms with Crippen LogP contribution in [0.4, 0.5) is 0 Å². The van der Waals surface area contributed by atoms with E-state index in [0.717, 1.165) is 33.5 Å². The molecule has 0 unspecified atom stereocenters. The van der Waals surface area contributed by atoms with Crippen LogP contribution in [0.1, 0.15) is 26.3 Å². The monoisotopic (exact) mass is 471 g/mol. The van der Waals surface area contributed by atoms with E-state index in [1.165, 1.54) is 17.3 Å². The molecule has 1 N–H and O–H groups in total. The topological polar surface area (TPSA) is 72.7 Å². The van der Waals surface area contributed by atoms with Crippen molar-refractivity contribution in [2.45, 2.75) is 44.9 Å². The van der Waals surface area contributed by atoms with E-state index in [0.29, 0.717) is 11.7 Å². The van der Waals surface area contributed by atoms with E-state index < -0.39 is 0 Å². The van der Waals surface area contributed by atoms with Gasteiger partial charge in [-0.05, 0) is 39.8 Å². The first-order valence-electron chi connectivity index (χ1n) is 11.2. The molecule has 174 valence electrons. The van der Waals surface area contributed by atoms with Crippen molar-refractivity contribution in [1.82, 2.24) is 25.1 Å². The lowest BCUT2D eigenvalue weighted by Gasteiger charge is -2.20. The number of amides is 1. The van der Waals surface area contributed by atoms with Crippen LogP contribution in [0.2, 0.25) is 0 Å². The van der Waals surface area contributed by atoms with Crippen molar-refractivity contribution in [1.29, 1.82) is 0 Å². The molecule has 1 amide bonds. The molecule has 2 aromatic carbocycles. The summed E-state index contributed by atoms with van der Waals surface area (Å²) in [4.78, 5) is 17.3.